The van der Waals surface area contributed by atoms with Gasteiger partial charge in [0.15, 0.2) is 6.10 Å². The number of aliphatic carboxylic acids is 1. The van der Waals surface area contributed by atoms with Crippen LogP contribution in [0.4, 0.5) is 5.69 Å². The molecule has 5 nitrogen and oxygen atoms in total. The third-order valence-electron chi connectivity index (χ3n) is 3.36. The van der Waals surface area contributed by atoms with E-state index >= 15 is 0 Å². The van der Waals surface area contributed by atoms with Crippen LogP contribution < -0.4 is 5.32 Å². The summed E-state index contributed by atoms with van der Waals surface area (Å²) < 4.78 is 5.20. The molecule has 19 heavy (non-hydrogen) atoms. The van der Waals surface area contributed by atoms with Gasteiger partial charge in [0.2, 0.25) is 0 Å². The largest absolute Gasteiger partial charge is 0.479 e. The molecule has 2 atom stereocenters. The van der Waals surface area contributed by atoms with Crippen molar-refractivity contribution < 1.29 is 19.4 Å². The first-order chi connectivity index (χ1) is 8.97. The van der Waals surface area contributed by atoms with Crippen molar-refractivity contribution in [3.05, 3.63) is 29.3 Å². The summed E-state index contributed by atoms with van der Waals surface area (Å²) in [7, 11) is 0. The molecule has 1 amide bonds. The maximum atomic E-state index is 12.0. The van der Waals surface area contributed by atoms with Crippen LogP contribution in [0.2, 0.25) is 0 Å². The summed E-state index contributed by atoms with van der Waals surface area (Å²) >= 11 is 0. The third-order valence-corrected chi connectivity index (χ3v) is 3.36. The van der Waals surface area contributed by atoms with Crippen LogP contribution in [0.1, 0.15) is 24.0 Å². The van der Waals surface area contributed by atoms with Crippen LogP contribution in [-0.4, -0.2) is 29.2 Å². The monoisotopic (exact) mass is 263 g/mol. The van der Waals surface area contributed by atoms with Crippen LogP contribution in [0.25, 0.3) is 0 Å². The van der Waals surface area contributed by atoms with E-state index in [0.717, 1.165) is 11.1 Å². The Bertz CT molecular complexity index is 512. The van der Waals surface area contributed by atoms with E-state index in [-0.39, 0.29) is 5.91 Å². The van der Waals surface area contributed by atoms with Crippen molar-refractivity contribution in [1.29, 1.82) is 0 Å². The zero-order chi connectivity index (χ0) is 14.0. The van der Waals surface area contributed by atoms with Crippen molar-refractivity contribution in [3.8, 4) is 0 Å². The molecule has 1 fully saturated rings. The molecule has 0 bridgehead atoms. The summed E-state index contributed by atoms with van der Waals surface area (Å²) in [4.78, 5) is 22.7. The van der Waals surface area contributed by atoms with Gasteiger partial charge in [-0.3, -0.25) is 4.79 Å². The summed E-state index contributed by atoms with van der Waals surface area (Å²) in [6.07, 6.45) is -0.730. The Morgan fingerprint density at radius 2 is 1.89 bits per heavy atom. The summed E-state index contributed by atoms with van der Waals surface area (Å²) in [6.45, 7) is 3.97. The number of amides is 1. The van der Waals surface area contributed by atoms with Gasteiger partial charge in [0.1, 0.15) is 6.10 Å². The highest BCUT2D eigenvalue weighted by Gasteiger charge is 2.34. The SMILES string of the molecule is Cc1ccc(NC(=O)C2CCC(C(=O)O)O2)cc1C. The lowest BCUT2D eigenvalue weighted by Crippen LogP contribution is -2.29. The summed E-state index contributed by atoms with van der Waals surface area (Å²) in [5.74, 6) is -1.30. The minimum atomic E-state index is -1.01. The van der Waals surface area contributed by atoms with Crippen LogP contribution in [0.15, 0.2) is 18.2 Å². The van der Waals surface area contributed by atoms with Crippen molar-refractivity contribution in [2.24, 2.45) is 0 Å². The molecule has 1 saturated heterocycles. The van der Waals surface area contributed by atoms with Gasteiger partial charge >= 0.3 is 5.97 Å². The molecule has 1 aromatic carbocycles. The van der Waals surface area contributed by atoms with Crippen LogP contribution >= 0.6 is 0 Å². The number of carbonyl (C=O) groups is 2. The topological polar surface area (TPSA) is 75.6 Å². The van der Waals surface area contributed by atoms with Crippen LogP contribution in [0.3, 0.4) is 0 Å². The number of carboxylic acids is 1. The molecule has 2 N–H and O–H groups in total. The molecule has 5 heteroatoms. The molecule has 0 saturated carbocycles. The number of aryl methyl sites for hydroxylation is 2. The summed E-state index contributed by atoms with van der Waals surface area (Å²) in [5.41, 5.74) is 2.95. The minimum Gasteiger partial charge on any atom is -0.479 e. The number of carbonyl (C=O) groups excluding carboxylic acids is 1. The van der Waals surface area contributed by atoms with E-state index in [2.05, 4.69) is 5.32 Å². The van der Waals surface area contributed by atoms with Crippen LogP contribution in [0.5, 0.6) is 0 Å². The van der Waals surface area contributed by atoms with Gasteiger partial charge in [0.05, 0.1) is 0 Å². The average Bonchev–Trinajstić information content (AvgIpc) is 2.83. The lowest BCUT2D eigenvalue weighted by molar-refractivity contribution is -0.150. The highest BCUT2D eigenvalue weighted by molar-refractivity contribution is 5.94. The van der Waals surface area contributed by atoms with E-state index in [1.807, 2.05) is 32.0 Å². The molecule has 1 aliphatic heterocycles. The standard InChI is InChI=1S/C14H17NO4/c1-8-3-4-10(7-9(8)2)15-13(16)11-5-6-12(19-11)14(17)18/h3-4,7,11-12H,5-6H2,1-2H3,(H,15,16)(H,17,18). The average molecular weight is 263 g/mol. The molecule has 2 rings (SSSR count). The van der Waals surface area contributed by atoms with Crippen molar-refractivity contribution in [2.75, 3.05) is 5.32 Å². The van der Waals surface area contributed by atoms with Crippen molar-refractivity contribution in [1.82, 2.24) is 0 Å². The molecule has 0 aliphatic carbocycles. The Hall–Kier alpha value is -1.88. The number of rotatable bonds is 3. The number of anilines is 1. The van der Waals surface area contributed by atoms with Gasteiger partial charge in [-0.2, -0.15) is 0 Å². The van der Waals surface area contributed by atoms with E-state index < -0.39 is 18.2 Å². The molecule has 1 aliphatic rings. The maximum Gasteiger partial charge on any atom is 0.332 e. The zero-order valence-corrected chi connectivity index (χ0v) is 11.0. The Labute approximate surface area is 111 Å². The summed E-state index contributed by atoms with van der Waals surface area (Å²) in [6, 6.07) is 5.64. The molecule has 1 aromatic rings. The van der Waals surface area contributed by atoms with E-state index in [0.29, 0.717) is 18.5 Å². The normalized spacial score (nSPS) is 22.2. The number of ether oxygens (including phenoxy) is 1. The van der Waals surface area contributed by atoms with E-state index in [4.69, 9.17) is 9.84 Å². The Kier molecular flexibility index (Phi) is 3.85. The first kappa shape index (κ1) is 13.5. The Balaban J connectivity index is 1.98. The fourth-order valence-corrected chi connectivity index (χ4v) is 2.05. The Morgan fingerprint density at radius 1 is 1.21 bits per heavy atom. The van der Waals surface area contributed by atoms with E-state index in [9.17, 15) is 9.59 Å². The maximum absolute atomic E-state index is 12.0. The van der Waals surface area contributed by atoms with Crippen molar-refractivity contribution in [3.63, 3.8) is 0 Å². The lowest BCUT2D eigenvalue weighted by atomic mass is 10.1. The molecule has 0 aromatic heterocycles. The second-order valence-electron chi connectivity index (χ2n) is 4.82. The second-order valence-corrected chi connectivity index (χ2v) is 4.82. The highest BCUT2D eigenvalue weighted by atomic mass is 16.5. The van der Waals surface area contributed by atoms with Crippen LogP contribution in [-0.2, 0) is 14.3 Å². The first-order valence-electron chi connectivity index (χ1n) is 6.24. The molecule has 0 spiro atoms. The van der Waals surface area contributed by atoms with Gasteiger partial charge < -0.3 is 15.2 Å². The fourth-order valence-electron chi connectivity index (χ4n) is 2.05. The van der Waals surface area contributed by atoms with Gasteiger partial charge in [0, 0.05) is 5.69 Å². The molecule has 1 heterocycles. The quantitative estimate of drug-likeness (QED) is 0.873. The number of benzene rings is 1. The van der Waals surface area contributed by atoms with Gasteiger partial charge in [0.25, 0.3) is 5.91 Å². The minimum absolute atomic E-state index is 0.285. The zero-order valence-electron chi connectivity index (χ0n) is 11.0. The molecular formula is C14H17NO4. The smallest absolute Gasteiger partial charge is 0.332 e. The van der Waals surface area contributed by atoms with Crippen molar-refractivity contribution >= 4 is 17.6 Å². The molecular weight excluding hydrogens is 246 g/mol. The molecule has 2 unspecified atom stereocenters. The fraction of sp³-hybridized carbons (Fsp3) is 0.429. The predicted octanol–water partition coefficient (Wildman–Crippen LogP) is 1.87. The van der Waals surface area contributed by atoms with Gasteiger partial charge in [-0.15, -0.1) is 0 Å². The van der Waals surface area contributed by atoms with Gasteiger partial charge in [-0.05, 0) is 49.9 Å². The van der Waals surface area contributed by atoms with Crippen LogP contribution in [0, 0.1) is 13.8 Å². The lowest BCUT2D eigenvalue weighted by Gasteiger charge is -2.12. The Morgan fingerprint density at radius 3 is 2.47 bits per heavy atom. The first-order valence-corrected chi connectivity index (χ1v) is 6.24. The molecule has 102 valence electrons. The van der Waals surface area contributed by atoms with E-state index in [1.165, 1.54) is 0 Å². The number of hydrogen-bond acceptors (Lipinski definition) is 3. The molecule has 0 radical (unpaired) electrons. The van der Waals surface area contributed by atoms with Gasteiger partial charge in [-0.25, -0.2) is 4.79 Å². The van der Waals surface area contributed by atoms with Gasteiger partial charge in [-0.1, -0.05) is 6.07 Å². The predicted molar refractivity (Wildman–Crippen MR) is 70.1 cm³/mol. The highest BCUT2D eigenvalue weighted by Crippen LogP contribution is 2.22. The van der Waals surface area contributed by atoms with E-state index in [1.54, 1.807) is 0 Å². The van der Waals surface area contributed by atoms with Crippen molar-refractivity contribution in [2.45, 2.75) is 38.9 Å². The second kappa shape index (κ2) is 5.40. The number of nitrogens with one attached hydrogen (secondary N) is 1. The third kappa shape index (κ3) is 3.12. The summed E-state index contributed by atoms with van der Waals surface area (Å²) in [5, 5.41) is 11.6. The number of hydrogen-bond donors (Lipinski definition) is 2. The number of carboxylic acid groups (broad SMARTS) is 1.